The summed E-state index contributed by atoms with van der Waals surface area (Å²) in [6.07, 6.45) is 3.47. The van der Waals surface area contributed by atoms with E-state index in [0.29, 0.717) is 19.6 Å². The number of carbonyl (C=O) groups is 1. The molecular weight excluding hydrogens is 310 g/mol. The average Bonchev–Trinajstić information content (AvgIpc) is 2.97. The van der Waals surface area contributed by atoms with Crippen LogP contribution in [0.5, 0.6) is 5.19 Å². The molecule has 0 bridgehead atoms. The van der Waals surface area contributed by atoms with Gasteiger partial charge in [-0.05, 0) is 18.6 Å². The lowest BCUT2D eigenvalue weighted by Gasteiger charge is -2.31. The number of hydrogen-bond acceptors (Lipinski definition) is 4. The number of rotatable bonds is 4. The van der Waals surface area contributed by atoms with Crippen molar-refractivity contribution in [3.8, 4) is 5.19 Å². The maximum Gasteiger partial charge on any atom is 0.317 e. The number of carbonyl (C=O) groups excluding carboxylic acids is 1. The number of urea groups is 1. The van der Waals surface area contributed by atoms with Crippen LogP contribution in [0.3, 0.4) is 0 Å². The Balaban J connectivity index is 1.56. The number of amides is 2. The van der Waals surface area contributed by atoms with Gasteiger partial charge in [-0.15, -0.1) is 6.58 Å². The van der Waals surface area contributed by atoms with Gasteiger partial charge in [0.2, 0.25) is 0 Å². The maximum absolute atomic E-state index is 11.9. The molecule has 1 aromatic carbocycles. The van der Waals surface area contributed by atoms with E-state index in [4.69, 9.17) is 4.74 Å². The fraction of sp³-hybridized carbons (Fsp3) is 0.412. The van der Waals surface area contributed by atoms with Crippen molar-refractivity contribution >= 4 is 27.6 Å². The number of aryl methyl sites for hydroxylation is 1. The van der Waals surface area contributed by atoms with Crippen LogP contribution in [0.15, 0.2) is 30.9 Å². The van der Waals surface area contributed by atoms with Crippen LogP contribution >= 0.6 is 11.3 Å². The van der Waals surface area contributed by atoms with Crippen molar-refractivity contribution in [2.24, 2.45) is 0 Å². The zero-order valence-corrected chi connectivity index (χ0v) is 14.1. The molecule has 0 spiro atoms. The Hall–Kier alpha value is -2.08. The normalized spacial score (nSPS) is 15.6. The molecule has 1 saturated heterocycles. The van der Waals surface area contributed by atoms with Gasteiger partial charge in [0, 0.05) is 32.5 Å². The van der Waals surface area contributed by atoms with E-state index in [1.807, 2.05) is 11.0 Å². The number of nitrogens with zero attached hydrogens (tertiary/aromatic N) is 2. The minimum absolute atomic E-state index is 0.0287. The Morgan fingerprint density at radius 3 is 3.00 bits per heavy atom. The van der Waals surface area contributed by atoms with Gasteiger partial charge >= 0.3 is 6.03 Å². The Morgan fingerprint density at radius 2 is 2.30 bits per heavy atom. The van der Waals surface area contributed by atoms with E-state index >= 15 is 0 Å². The quantitative estimate of drug-likeness (QED) is 0.874. The number of para-hydroxylation sites is 1. The summed E-state index contributed by atoms with van der Waals surface area (Å²) in [5.41, 5.74) is 2.19. The van der Waals surface area contributed by atoms with Crippen LogP contribution in [0.2, 0.25) is 0 Å². The van der Waals surface area contributed by atoms with Crippen LogP contribution in [0, 0.1) is 6.92 Å². The standard InChI is InChI=1S/C17H21N3O2S/c1-3-9-18-16(21)20-10-7-13(8-11-20)22-17-19-15-12(2)5-4-6-14(15)23-17/h3-6,13H,1,7-11H2,2H3,(H,18,21). The highest BCUT2D eigenvalue weighted by molar-refractivity contribution is 7.20. The van der Waals surface area contributed by atoms with Gasteiger partial charge in [0.1, 0.15) is 6.10 Å². The molecule has 23 heavy (non-hydrogen) atoms. The lowest BCUT2D eigenvalue weighted by atomic mass is 10.1. The summed E-state index contributed by atoms with van der Waals surface area (Å²) in [6.45, 7) is 7.58. The van der Waals surface area contributed by atoms with E-state index in [1.54, 1.807) is 17.4 Å². The predicted molar refractivity (Wildman–Crippen MR) is 93.2 cm³/mol. The third-order valence-corrected chi connectivity index (χ3v) is 4.91. The summed E-state index contributed by atoms with van der Waals surface area (Å²) in [5.74, 6) is 0. The van der Waals surface area contributed by atoms with Crippen LogP contribution in [-0.2, 0) is 0 Å². The summed E-state index contributed by atoms with van der Waals surface area (Å²) in [5, 5.41) is 3.53. The highest BCUT2D eigenvalue weighted by atomic mass is 32.1. The monoisotopic (exact) mass is 331 g/mol. The van der Waals surface area contributed by atoms with Crippen molar-refractivity contribution in [1.29, 1.82) is 0 Å². The molecule has 0 aliphatic carbocycles. The molecule has 1 aliphatic heterocycles. The van der Waals surface area contributed by atoms with E-state index in [1.165, 1.54) is 5.56 Å². The Kier molecular flexibility index (Phi) is 4.81. The van der Waals surface area contributed by atoms with Crippen molar-refractivity contribution in [2.75, 3.05) is 19.6 Å². The first-order chi connectivity index (χ1) is 11.2. The number of nitrogens with one attached hydrogen (secondary N) is 1. The number of likely N-dealkylation sites (tertiary alicyclic amines) is 1. The third-order valence-electron chi connectivity index (χ3n) is 4.00. The van der Waals surface area contributed by atoms with E-state index in [-0.39, 0.29) is 12.1 Å². The summed E-state index contributed by atoms with van der Waals surface area (Å²) in [6, 6.07) is 6.14. The van der Waals surface area contributed by atoms with Crippen LogP contribution in [-0.4, -0.2) is 41.7 Å². The fourth-order valence-electron chi connectivity index (χ4n) is 2.71. The molecule has 1 N–H and O–H groups in total. The van der Waals surface area contributed by atoms with Gasteiger partial charge in [-0.1, -0.05) is 29.5 Å². The smallest absolute Gasteiger partial charge is 0.317 e. The minimum atomic E-state index is -0.0287. The van der Waals surface area contributed by atoms with Gasteiger partial charge in [-0.3, -0.25) is 0 Å². The number of ether oxygens (including phenoxy) is 1. The maximum atomic E-state index is 11.9. The fourth-order valence-corrected chi connectivity index (χ4v) is 3.67. The topological polar surface area (TPSA) is 54.5 Å². The predicted octanol–water partition coefficient (Wildman–Crippen LogP) is 3.34. The third kappa shape index (κ3) is 3.64. The number of hydrogen-bond donors (Lipinski definition) is 1. The molecule has 5 nitrogen and oxygen atoms in total. The van der Waals surface area contributed by atoms with Gasteiger partial charge in [-0.25, -0.2) is 9.78 Å². The molecule has 0 atom stereocenters. The molecule has 0 radical (unpaired) electrons. The van der Waals surface area contributed by atoms with Crippen LogP contribution in [0.1, 0.15) is 18.4 Å². The van der Waals surface area contributed by atoms with Crippen LogP contribution < -0.4 is 10.1 Å². The summed E-state index contributed by atoms with van der Waals surface area (Å²) >= 11 is 1.59. The van der Waals surface area contributed by atoms with Crippen molar-refractivity contribution in [3.05, 3.63) is 36.4 Å². The number of piperidine rings is 1. The van der Waals surface area contributed by atoms with E-state index in [0.717, 1.165) is 28.3 Å². The molecule has 1 aliphatic rings. The van der Waals surface area contributed by atoms with Crippen molar-refractivity contribution in [3.63, 3.8) is 0 Å². The molecule has 2 aromatic rings. The molecule has 0 saturated carbocycles. The largest absolute Gasteiger partial charge is 0.467 e. The Morgan fingerprint density at radius 1 is 1.52 bits per heavy atom. The summed E-state index contributed by atoms with van der Waals surface area (Å²) < 4.78 is 7.19. The first-order valence-corrected chi connectivity index (χ1v) is 8.65. The van der Waals surface area contributed by atoms with Gasteiger partial charge in [0.25, 0.3) is 5.19 Å². The summed E-state index contributed by atoms with van der Waals surface area (Å²) in [7, 11) is 0. The number of benzene rings is 1. The van der Waals surface area contributed by atoms with E-state index in [9.17, 15) is 4.79 Å². The lowest BCUT2D eigenvalue weighted by Crippen LogP contribution is -2.46. The van der Waals surface area contributed by atoms with Crippen molar-refractivity contribution in [2.45, 2.75) is 25.9 Å². The number of aromatic nitrogens is 1. The molecule has 1 aromatic heterocycles. The Bertz CT molecular complexity index is 705. The molecular formula is C17H21N3O2S. The second kappa shape index (κ2) is 7.00. The molecule has 6 heteroatoms. The van der Waals surface area contributed by atoms with Gasteiger partial charge in [-0.2, -0.15) is 0 Å². The van der Waals surface area contributed by atoms with E-state index < -0.39 is 0 Å². The van der Waals surface area contributed by atoms with Crippen molar-refractivity contribution < 1.29 is 9.53 Å². The first-order valence-electron chi connectivity index (χ1n) is 7.84. The average molecular weight is 331 g/mol. The highest BCUT2D eigenvalue weighted by Crippen LogP contribution is 2.31. The highest BCUT2D eigenvalue weighted by Gasteiger charge is 2.24. The van der Waals surface area contributed by atoms with Gasteiger partial charge < -0.3 is 15.0 Å². The number of fused-ring (bicyclic) bond motifs is 1. The molecule has 0 unspecified atom stereocenters. The van der Waals surface area contributed by atoms with Crippen molar-refractivity contribution in [1.82, 2.24) is 15.2 Å². The van der Waals surface area contributed by atoms with Gasteiger partial charge in [0.15, 0.2) is 0 Å². The minimum Gasteiger partial charge on any atom is -0.467 e. The molecule has 1 fully saturated rings. The molecule has 3 rings (SSSR count). The molecule has 122 valence electrons. The zero-order valence-electron chi connectivity index (χ0n) is 13.2. The zero-order chi connectivity index (χ0) is 16.2. The van der Waals surface area contributed by atoms with E-state index in [2.05, 4.69) is 35.9 Å². The Labute approximate surface area is 140 Å². The number of thiazole rings is 1. The lowest BCUT2D eigenvalue weighted by molar-refractivity contribution is 0.111. The van der Waals surface area contributed by atoms with Crippen LogP contribution in [0.25, 0.3) is 10.2 Å². The van der Waals surface area contributed by atoms with Gasteiger partial charge in [0.05, 0.1) is 10.2 Å². The second-order valence-corrected chi connectivity index (χ2v) is 6.67. The molecule has 2 heterocycles. The second-order valence-electron chi connectivity index (χ2n) is 5.68. The SMILES string of the molecule is C=CCNC(=O)N1CCC(Oc2nc3c(C)cccc3s2)CC1. The summed E-state index contributed by atoms with van der Waals surface area (Å²) in [4.78, 5) is 18.3. The first kappa shape index (κ1) is 15.8. The van der Waals surface area contributed by atoms with Crippen LogP contribution in [0.4, 0.5) is 4.79 Å². The molecule has 2 amide bonds.